The first-order valence-corrected chi connectivity index (χ1v) is 10.1. The zero-order chi connectivity index (χ0) is 20.1. The van der Waals surface area contributed by atoms with E-state index in [1.165, 1.54) is 0 Å². The first-order chi connectivity index (χ1) is 14.2. The summed E-state index contributed by atoms with van der Waals surface area (Å²) in [6.07, 6.45) is 3.79. The molecule has 2 aromatic carbocycles. The monoisotopic (exact) mass is 401 g/mol. The van der Waals surface area contributed by atoms with Gasteiger partial charge >= 0.3 is 0 Å². The van der Waals surface area contributed by atoms with Crippen molar-refractivity contribution >= 4 is 29.1 Å². The van der Waals surface area contributed by atoms with E-state index in [2.05, 4.69) is 15.6 Å². The van der Waals surface area contributed by atoms with E-state index in [0.29, 0.717) is 16.8 Å². The van der Waals surface area contributed by atoms with E-state index in [4.69, 9.17) is 0 Å². The summed E-state index contributed by atoms with van der Waals surface area (Å²) in [4.78, 5) is 29.2. The molecule has 3 aromatic rings. The number of carbonyl (C=O) groups excluding carboxylic acids is 2. The Kier molecular flexibility index (Phi) is 5.72. The van der Waals surface area contributed by atoms with Gasteiger partial charge in [0.25, 0.3) is 0 Å². The highest BCUT2D eigenvalue weighted by molar-refractivity contribution is 8.02. The number of amides is 1. The van der Waals surface area contributed by atoms with E-state index in [1.54, 1.807) is 54.4 Å². The number of hydrogen-bond acceptors (Lipinski definition) is 5. The Hall–Kier alpha value is -3.38. The van der Waals surface area contributed by atoms with Crippen molar-refractivity contribution in [3.63, 3.8) is 0 Å². The first-order valence-electron chi connectivity index (χ1n) is 9.20. The minimum atomic E-state index is -0.138. The SMILES string of the molecule is O=C(CC1=CSC(c2cccnc2)N1)Nc1cccc(C(=O)c2ccccc2)c1. The van der Waals surface area contributed by atoms with Crippen molar-refractivity contribution in [2.45, 2.75) is 11.8 Å². The maximum atomic E-state index is 12.6. The third kappa shape index (κ3) is 4.73. The zero-order valence-corrected chi connectivity index (χ0v) is 16.4. The molecule has 29 heavy (non-hydrogen) atoms. The quantitative estimate of drug-likeness (QED) is 0.595. The first kappa shape index (κ1) is 19.0. The van der Waals surface area contributed by atoms with Gasteiger partial charge in [0.05, 0.1) is 6.42 Å². The van der Waals surface area contributed by atoms with Gasteiger partial charge in [-0.25, -0.2) is 0 Å². The van der Waals surface area contributed by atoms with Gasteiger partial charge < -0.3 is 10.6 Å². The van der Waals surface area contributed by atoms with Crippen LogP contribution < -0.4 is 10.6 Å². The normalized spacial score (nSPS) is 15.3. The Labute approximate surface area is 173 Å². The Morgan fingerprint density at radius 2 is 1.83 bits per heavy atom. The molecular weight excluding hydrogens is 382 g/mol. The van der Waals surface area contributed by atoms with Gasteiger partial charge in [-0.05, 0) is 23.6 Å². The second-order valence-electron chi connectivity index (χ2n) is 6.59. The van der Waals surface area contributed by atoms with Crippen LogP contribution in [-0.2, 0) is 4.79 Å². The van der Waals surface area contributed by atoms with E-state index in [0.717, 1.165) is 11.3 Å². The minimum absolute atomic E-state index is 0.0679. The molecule has 0 saturated carbocycles. The molecule has 4 rings (SSSR count). The van der Waals surface area contributed by atoms with E-state index in [-0.39, 0.29) is 23.5 Å². The summed E-state index contributed by atoms with van der Waals surface area (Å²) in [7, 11) is 0. The summed E-state index contributed by atoms with van der Waals surface area (Å²) in [6, 6.07) is 20.0. The number of pyridine rings is 1. The fourth-order valence-corrected chi connectivity index (χ4v) is 4.01. The molecule has 1 aromatic heterocycles. The number of benzene rings is 2. The van der Waals surface area contributed by atoms with Gasteiger partial charge in [0.2, 0.25) is 5.91 Å². The summed E-state index contributed by atoms with van der Waals surface area (Å²) < 4.78 is 0. The van der Waals surface area contributed by atoms with Crippen LogP contribution >= 0.6 is 11.8 Å². The van der Waals surface area contributed by atoms with Crippen molar-refractivity contribution in [3.05, 3.63) is 107 Å². The molecule has 1 aliphatic rings. The molecule has 2 N–H and O–H groups in total. The molecule has 2 heterocycles. The molecule has 144 valence electrons. The number of ketones is 1. The topological polar surface area (TPSA) is 71.1 Å². The molecular formula is C23H19N3O2S. The largest absolute Gasteiger partial charge is 0.372 e. The van der Waals surface area contributed by atoms with Crippen LogP contribution in [0.1, 0.15) is 33.3 Å². The molecule has 0 bridgehead atoms. The standard InChI is InChI=1S/C23H19N3O2S/c27-21(13-20-15-29-23(26-20)18-9-5-11-24-14-18)25-19-10-4-8-17(12-19)22(28)16-6-2-1-3-7-16/h1-12,14-15,23,26H,13H2,(H,25,27). The van der Waals surface area contributed by atoms with Crippen LogP contribution in [0.15, 0.2) is 90.2 Å². The number of carbonyl (C=O) groups is 2. The molecule has 0 saturated heterocycles. The minimum Gasteiger partial charge on any atom is -0.372 e. The van der Waals surface area contributed by atoms with Gasteiger partial charge in [0.15, 0.2) is 5.78 Å². The molecule has 0 aliphatic carbocycles. The third-order valence-electron chi connectivity index (χ3n) is 4.45. The van der Waals surface area contributed by atoms with Crippen molar-refractivity contribution in [3.8, 4) is 0 Å². The maximum absolute atomic E-state index is 12.6. The lowest BCUT2D eigenvalue weighted by atomic mass is 10.0. The summed E-state index contributed by atoms with van der Waals surface area (Å²) in [5.74, 6) is -0.210. The maximum Gasteiger partial charge on any atom is 0.230 e. The zero-order valence-electron chi connectivity index (χ0n) is 15.5. The van der Waals surface area contributed by atoms with Gasteiger partial charge in [-0.15, -0.1) is 11.8 Å². The number of anilines is 1. The number of nitrogens with zero attached hydrogens (tertiary/aromatic N) is 1. The Morgan fingerprint density at radius 1 is 1.00 bits per heavy atom. The van der Waals surface area contributed by atoms with Gasteiger partial charge in [-0.1, -0.05) is 48.5 Å². The summed E-state index contributed by atoms with van der Waals surface area (Å²) in [6.45, 7) is 0. The molecule has 1 aliphatic heterocycles. The van der Waals surface area contributed by atoms with Crippen LogP contribution in [0.4, 0.5) is 5.69 Å². The van der Waals surface area contributed by atoms with Gasteiger partial charge in [-0.3, -0.25) is 14.6 Å². The molecule has 0 fully saturated rings. The van der Waals surface area contributed by atoms with Crippen LogP contribution in [0.5, 0.6) is 0 Å². The Bertz CT molecular complexity index is 1050. The summed E-state index contributed by atoms with van der Waals surface area (Å²) in [5, 5.41) is 8.25. The molecule has 1 atom stereocenters. The van der Waals surface area contributed by atoms with Crippen LogP contribution in [0, 0.1) is 0 Å². The Balaban J connectivity index is 1.36. The van der Waals surface area contributed by atoms with Crippen LogP contribution in [0.3, 0.4) is 0 Å². The summed E-state index contributed by atoms with van der Waals surface area (Å²) >= 11 is 1.62. The highest BCUT2D eigenvalue weighted by atomic mass is 32.2. The number of thioether (sulfide) groups is 1. The van der Waals surface area contributed by atoms with E-state index >= 15 is 0 Å². The van der Waals surface area contributed by atoms with E-state index < -0.39 is 0 Å². The van der Waals surface area contributed by atoms with Crippen LogP contribution in [0.2, 0.25) is 0 Å². The average Bonchev–Trinajstić information content (AvgIpc) is 3.23. The van der Waals surface area contributed by atoms with Crippen molar-refractivity contribution < 1.29 is 9.59 Å². The fraction of sp³-hybridized carbons (Fsp3) is 0.0870. The summed E-state index contributed by atoms with van der Waals surface area (Å²) in [5.41, 5.74) is 3.69. The lowest BCUT2D eigenvalue weighted by molar-refractivity contribution is -0.115. The smallest absolute Gasteiger partial charge is 0.230 e. The van der Waals surface area contributed by atoms with Crippen molar-refractivity contribution in [1.82, 2.24) is 10.3 Å². The molecule has 0 spiro atoms. The molecule has 1 amide bonds. The average molecular weight is 401 g/mol. The number of rotatable bonds is 6. The molecule has 5 nitrogen and oxygen atoms in total. The molecule has 6 heteroatoms. The second-order valence-corrected chi connectivity index (χ2v) is 7.57. The number of nitrogens with one attached hydrogen (secondary N) is 2. The third-order valence-corrected chi connectivity index (χ3v) is 5.53. The lowest BCUT2D eigenvalue weighted by Crippen LogP contribution is -2.19. The van der Waals surface area contributed by atoms with Gasteiger partial charge in [0.1, 0.15) is 5.37 Å². The molecule has 1 unspecified atom stereocenters. The van der Waals surface area contributed by atoms with Crippen molar-refractivity contribution in [2.75, 3.05) is 5.32 Å². The van der Waals surface area contributed by atoms with Crippen LogP contribution in [-0.4, -0.2) is 16.7 Å². The predicted octanol–water partition coefficient (Wildman–Crippen LogP) is 4.52. The van der Waals surface area contributed by atoms with E-state index in [9.17, 15) is 9.59 Å². The number of hydrogen-bond donors (Lipinski definition) is 2. The lowest BCUT2D eigenvalue weighted by Gasteiger charge is -2.13. The van der Waals surface area contributed by atoms with Crippen molar-refractivity contribution in [2.24, 2.45) is 0 Å². The Morgan fingerprint density at radius 3 is 2.62 bits per heavy atom. The second kappa shape index (κ2) is 8.75. The fourth-order valence-electron chi connectivity index (χ4n) is 3.04. The van der Waals surface area contributed by atoms with Crippen molar-refractivity contribution in [1.29, 1.82) is 0 Å². The molecule has 0 radical (unpaired) electrons. The number of aromatic nitrogens is 1. The highest BCUT2D eigenvalue weighted by Gasteiger charge is 2.20. The van der Waals surface area contributed by atoms with Gasteiger partial charge in [0, 0.05) is 40.5 Å². The van der Waals surface area contributed by atoms with E-state index in [1.807, 2.05) is 41.9 Å². The highest BCUT2D eigenvalue weighted by Crippen LogP contribution is 2.34. The predicted molar refractivity (Wildman–Crippen MR) is 115 cm³/mol. The van der Waals surface area contributed by atoms with Gasteiger partial charge in [-0.2, -0.15) is 0 Å². The van der Waals surface area contributed by atoms with Crippen LogP contribution in [0.25, 0.3) is 0 Å².